The molecular weight excluding hydrogens is 417 g/mol. The van der Waals surface area contributed by atoms with E-state index in [1.807, 2.05) is 41.3 Å². The number of rotatable bonds is 4. The minimum absolute atomic E-state index is 0.122. The lowest BCUT2D eigenvalue weighted by atomic mass is 10.0. The lowest BCUT2D eigenvalue weighted by Gasteiger charge is -2.27. The minimum atomic E-state index is -4.52. The van der Waals surface area contributed by atoms with E-state index in [2.05, 4.69) is 5.32 Å². The van der Waals surface area contributed by atoms with Crippen molar-refractivity contribution >= 4 is 34.0 Å². The Labute approximate surface area is 183 Å². The average molecular weight is 438 g/mol. The minimum Gasteiger partial charge on any atom is -0.379 e. The van der Waals surface area contributed by atoms with Crippen molar-refractivity contribution in [2.45, 2.75) is 12.7 Å². The maximum atomic E-state index is 13.8. The van der Waals surface area contributed by atoms with Gasteiger partial charge in [0, 0.05) is 30.9 Å². The van der Waals surface area contributed by atoms with Crippen LogP contribution in [0, 0.1) is 0 Å². The van der Waals surface area contributed by atoms with Crippen LogP contribution in [0.4, 0.5) is 18.9 Å². The molecule has 1 aliphatic carbocycles. The molecule has 0 radical (unpaired) electrons. The number of benzene rings is 3. The highest BCUT2D eigenvalue weighted by Crippen LogP contribution is 2.38. The maximum absolute atomic E-state index is 13.8. The van der Waals surface area contributed by atoms with Gasteiger partial charge >= 0.3 is 6.18 Å². The van der Waals surface area contributed by atoms with Gasteiger partial charge in [0.1, 0.15) is 0 Å². The van der Waals surface area contributed by atoms with Crippen LogP contribution in [-0.4, -0.2) is 37.1 Å². The van der Waals surface area contributed by atoms with Crippen LogP contribution >= 0.6 is 0 Å². The molecule has 1 amide bonds. The molecule has 0 saturated carbocycles. The van der Waals surface area contributed by atoms with Crippen molar-refractivity contribution in [2.75, 3.05) is 31.6 Å². The Balaban J connectivity index is 1.41. The van der Waals surface area contributed by atoms with E-state index in [9.17, 15) is 18.0 Å². The highest BCUT2D eigenvalue weighted by molar-refractivity contribution is 6.34. The predicted molar refractivity (Wildman–Crippen MR) is 118 cm³/mol. The Morgan fingerprint density at radius 2 is 1.78 bits per heavy atom. The average Bonchev–Trinajstić information content (AvgIpc) is 3.16. The van der Waals surface area contributed by atoms with Crippen molar-refractivity contribution in [2.24, 2.45) is 0 Å². The molecule has 7 heteroatoms. The lowest BCUT2D eigenvalue weighted by molar-refractivity contribution is -0.138. The third kappa shape index (κ3) is 3.89. The van der Waals surface area contributed by atoms with Crippen molar-refractivity contribution < 1.29 is 22.7 Å². The van der Waals surface area contributed by atoms with E-state index in [0.717, 1.165) is 28.0 Å². The van der Waals surface area contributed by atoms with Crippen molar-refractivity contribution in [3.63, 3.8) is 0 Å². The van der Waals surface area contributed by atoms with E-state index >= 15 is 0 Å². The molecule has 0 aromatic heterocycles. The Morgan fingerprint density at radius 1 is 1.03 bits per heavy atom. The number of nitrogens with one attached hydrogen (secondary N) is 1. The van der Waals surface area contributed by atoms with E-state index in [4.69, 9.17) is 4.74 Å². The molecule has 1 saturated heterocycles. The number of anilines is 1. The van der Waals surface area contributed by atoms with E-state index in [0.29, 0.717) is 31.9 Å². The molecule has 1 fully saturated rings. The largest absolute Gasteiger partial charge is 0.416 e. The summed E-state index contributed by atoms with van der Waals surface area (Å²) in [5.41, 5.74) is 1.75. The predicted octanol–water partition coefficient (Wildman–Crippen LogP) is 5.18. The number of alkyl halides is 3. The Kier molecular flexibility index (Phi) is 5.23. The summed E-state index contributed by atoms with van der Waals surface area (Å²) >= 11 is 0. The fourth-order valence-corrected chi connectivity index (χ4v) is 4.39. The molecule has 0 spiro atoms. The summed E-state index contributed by atoms with van der Waals surface area (Å²) in [5.74, 6) is -0.428. The van der Waals surface area contributed by atoms with Crippen LogP contribution in [0.2, 0.25) is 0 Å². The van der Waals surface area contributed by atoms with Gasteiger partial charge in [0.25, 0.3) is 5.91 Å². The van der Waals surface area contributed by atoms with Gasteiger partial charge < -0.3 is 10.1 Å². The number of nitrogens with zero attached hydrogens (tertiary/aromatic N) is 1. The zero-order valence-electron chi connectivity index (χ0n) is 17.2. The molecule has 1 heterocycles. The number of morpholine rings is 1. The quantitative estimate of drug-likeness (QED) is 0.610. The van der Waals surface area contributed by atoms with Crippen molar-refractivity contribution in [1.82, 2.24) is 4.90 Å². The molecule has 0 unspecified atom stereocenters. The molecule has 0 bridgehead atoms. The van der Waals surface area contributed by atoms with Gasteiger partial charge in [0.2, 0.25) is 0 Å². The number of amides is 1. The first-order valence-electron chi connectivity index (χ1n) is 10.5. The molecule has 164 valence electrons. The van der Waals surface area contributed by atoms with Gasteiger partial charge in [0.15, 0.2) is 0 Å². The highest BCUT2D eigenvalue weighted by Gasteiger charge is 2.34. The second-order valence-corrected chi connectivity index (χ2v) is 8.02. The summed E-state index contributed by atoms with van der Waals surface area (Å²) in [4.78, 5) is 14.9. The van der Waals surface area contributed by atoms with E-state index in [1.54, 1.807) is 6.08 Å². The van der Waals surface area contributed by atoms with Crippen LogP contribution < -0.4 is 5.32 Å². The van der Waals surface area contributed by atoms with Crippen molar-refractivity contribution in [3.8, 4) is 0 Å². The first-order chi connectivity index (χ1) is 15.4. The fraction of sp³-hybridized carbons (Fsp3) is 0.240. The van der Waals surface area contributed by atoms with E-state index in [-0.39, 0.29) is 17.8 Å². The summed E-state index contributed by atoms with van der Waals surface area (Å²) in [5, 5.41) is 4.67. The lowest BCUT2D eigenvalue weighted by Crippen LogP contribution is -2.36. The number of hydrogen-bond donors (Lipinski definition) is 1. The van der Waals surface area contributed by atoms with Gasteiger partial charge in [0.05, 0.1) is 18.8 Å². The molecule has 3 aromatic rings. The summed E-state index contributed by atoms with van der Waals surface area (Å²) in [6, 6.07) is 15.5. The number of carbonyl (C=O) groups excluding carboxylic acids is 1. The van der Waals surface area contributed by atoms with Crippen molar-refractivity contribution in [1.29, 1.82) is 0 Å². The molecule has 2 aliphatic rings. The van der Waals surface area contributed by atoms with Crippen LogP contribution in [0.3, 0.4) is 0 Å². The summed E-state index contributed by atoms with van der Waals surface area (Å²) < 4.78 is 46.6. The molecule has 3 aromatic carbocycles. The number of hydrogen-bond acceptors (Lipinski definition) is 3. The van der Waals surface area contributed by atoms with Gasteiger partial charge in [-0.1, -0.05) is 42.5 Å². The van der Waals surface area contributed by atoms with E-state index < -0.39 is 17.6 Å². The van der Waals surface area contributed by atoms with Crippen molar-refractivity contribution in [3.05, 3.63) is 76.9 Å². The zero-order valence-corrected chi connectivity index (χ0v) is 17.2. The van der Waals surface area contributed by atoms with Gasteiger partial charge in [-0.25, -0.2) is 0 Å². The number of ether oxygens (including phenoxy) is 1. The Morgan fingerprint density at radius 3 is 2.53 bits per heavy atom. The fourth-order valence-electron chi connectivity index (χ4n) is 4.39. The number of carbonyl (C=O) groups is 1. The molecule has 1 N–H and O–H groups in total. The van der Waals surface area contributed by atoms with Crippen LogP contribution in [0.25, 0.3) is 22.4 Å². The topological polar surface area (TPSA) is 41.6 Å². The Bertz CT molecular complexity index is 1220. The van der Waals surface area contributed by atoms with Gasteiger partial charge in [-0.15, -0.1) is 0 Å². The van der Waals surface area contributed by atoms with Crippen LogP contribution in [0.1, 0.15) is 22.3 Å². The standard InChI is InChI=1S/C25H21F3N2O2/c26-25(27,28)22-14-19(8-7-18(22)15-30-9-11-32-12-10-30)29-24(31)21-13-17-5-1-3-16-4-2-6-20(21)23(16)17/h1-8,13-14H,9-12,15H2,(H,29,31). The molecule has 4 nitrogen and oxygen atoms in total. The molecular formula is C25H21F3N2O2. The van der Waals surface area contributed by atoms with E-state index in [1.165, 1.54) is 12.1 Å². The summed E-state index contributed by atoms with van der Waals surface area (Å²) in [7, 11) is 0. The number of halogens is 3. The summed E-state index contributed by atoms with van der Waals surface area (Å²) in [6.45, 7) is 2.40. The molecule has 32 heavy (non-hydrogen) atoms. The zero-order chi connectivity index (χ0) is 22.3. The van der Waals surface area contributed by atoms with Gasteiger partial charge in [-0.2, -0.15) is 13.2 Å². The third-order valence-electron chi connectivity index (χ3n) is 5.94. The molecule has 5 rings (SSSR count). The first kappa shape index (κ1) is 20.7. The van der Waals surface area contributed by atoms with Crippen LogP contribution in [-0.2, 0) is 22.3 Å². The third-order valence-corrected chi connectivity index (χ3v) is 5.94. The smallest absolute Gasteiger partial charge is 0.379 e. The first-order valence-corrected chi connectivity index (χ1v) is 10.5. The highest BCUT2D eigenvalue weighted by atomic mass is 19.4. The normalized spacial score (nSPS) is 16.3. The second kappa shape index (κ2) is 8.07. The van der Waals surface area contributed by atoms with Crippen LogP contribution in [0.15, 0.2) is 54.6 Å². The van der Waals surface area contributed by atoms with Gasteiger partial charge in [-0.3, -0.25) is 9.69 Å². The Hall–Kier alpha value is -3.16. The van der Waals surface area contributed by atoms with Crippen LogP contribution in [0.5, 0.6) is 0 Å². The SMILES string of the molecule is O=C(Nc1ccc(CN2CCOCC2)c(C(F)(F)F)c1)C1=Cc2cccc3cccc1c23. The monoisotopic (exact) mass is 438 g/mol. The maximum Gasteiger partial charge on any atom is 0.416 e. The molecule has 1 aliphatic heterocycles. The summed E-state index contributed by atoms with van der Waals surface area (Å²) in [6.07, 6.45) is -2.73. The second-order valence-electron chi connectivity index (χ2n) is 8.02. The molecule has 0 atom stereocenters. The van der Waals surface area contributed by atoms with Gasteiger partial charge in [-0.05, 0) is 45.7 Å².